The minimum atomic E-state index is -3.87. The van der Waals surface area contributed by atoms with Crippen LogP contribution >= 0.6 is 0 Å². The fourth-order valence-electron chi connectivity index (χ4n) is 1.38. The third-order valence-electron chi connectivity index (χ3n) is 2.30. The molecule has 0 aromatic heterocycles. The van der Waals surface area contributed by atoms with Crippen molar-refractivity contribution in [2.24, 2.45) is 16.8 Å². The lowest BCUT2D eigenvalue weighted by Crippen LogP contribution is -2.33. The molecule has 0 spiro atoms. The van der Waals surface area contributed by atoms with Crippen molar-refractivity contribution >= 4 is 21.7 Å². The highest BCUT2D eigenvalue weighted by molar-refractivity contribution is 7.90. The number of amidine groups is 1. The second kappa shape index (κ2) is 6.53. The number of nitrogens with zero attached hydrogens (tertiary/aromatic N) is 1. The lowest BCUT2D eigenvalue weighted by atomic mass is 10.1. The standard InChI is InChI=1S/C11H17FN4O3S/c1-7(2)6-14-20(18,19)16-9-5-3-4-8(12)10(9)11(13)15-17/h3-5,7,14,16-17H,6H2,1-2H3,(H2,13,15). The fourth-order valence-corrected chi connectivity index (χ4v) is 2.46. The Kier molecular flexibility index (Phi) is 5.28. The van der Waals surface area contributed by atoms with Crippen molar-refractivity contribution in [2.45, 2.75) is 13.8 Å². The molecule has 0 atom stereocenters. The Balaban J connectivity index is 3.07. The Bertz CT molecular complexity index is 602. The Hall–Kier alpha value is -1.87. The molecule has 9 heteroatoms. The summed E-state index contributed by atoms with van der Waals surface area (Å²) >= 11 is 0. The van der Waals surface area contributed by atoms with Crippen molar-refractivity contribution in [2.75, 3.05) is 11.3 Å². The van der Waals surface area contributed by atoms with E-state index in [-0.39, 0.29) is 23.7 Å². The highest BCUT2D eigenvalue weighted by Gasteiger charge is 2.17. The molecule has 0 aliphatic heterocycles. The molecule has 0 fully saturated rings. The molecule has 7 nitrogen and oxygen atoms in total. The highest BCUT2D eigenvalue weighted by atomic mass is 32.2. The zero-order valence-electron chi connectivity index (χ0n) is 11.1. The van der Waals surface area contributed by atoms with E-state index in [0.717, 1.165) is 6.07 Å². The molecule has 1 rings (SSSR count). The molecule has 0 aliphatic rings. The van der Waals surface area contributed by atoms with E-state index in [1.807, 2.05) is 13.8 Å². The van der Waals surface area contributed by atoms with Crippen molar-refractivity contribution in [1.29, 1.82) is 0 Å². The van der Waals surface area contributed by atoms with Gasteiger partial charge < -0.3 is 10.9 Å². The summed E-state index contributed by atoms with van der Waals surface area (Å²) in [6, 6.07) is 3.70. The van der Waals surface area contributed by atoms with Gasteiger partial charge in [0.25, 0.3) is 10.2 Å². The van der Waals surface area contributed by atoms with E-state index >= 15 is 0 Å². The minimum Gasteiger partial charge on any atom is -0.409 e. The number of oxime groups is 1. The van der Waals surface area contributed by atoms with E-state index in [1.165, 1.54) is 12.1 Å². The van der Waals surface area contributed by atoms with Gasteiger partial charge in [0, 0.05) is 6.54 Å². The van der Waals surface area contributed by atoms with Crippen LogP contribution in [0, 0.1) is 11.7 Å². The Morgan fingerprint density at radius 3 is 2.70 bits per heavy atom. The van der Waals surface area contributed by atoms with Crippen molar-refractivity contribution in [3.05, 3.63) is 29.6 Å². The van der Waals surface area contributed by atoms with E-state index in [1.54, 1.807) is 0 Å². The molecule has 20 heavy (non-hydrogen) atoms. The molecule has 112 valence electrons. The third-order valence-corrected chi connectivity index (χ3v) is 3.34. The van der Waals surface area contributed by atoms with Crippen LogP contribution in [0.4, 0.5) is 10.1 Å². The number of anilines is 1. The lowest BCUT2D eigenvalue weighted by molar-refractivity contribution is 0.318. The van der Waals surface area contributed by atoms with E-state index in [4.69, 9.17) is 10.9 Å². The van der Waals surface area contributed by atoms with Gasteiger partial charge in [-0.15, -0.1) is 0 Å². The number of rotatable bonds is 6. The van der Waals surface area contributed by atoms with Crippen molar-refractivity contribution in [1.82, 2.24) is 4.72 Å². The first-order valence-corrected chi connectivity index (χ1v) is 7.29. The van der Waals surface area contributed by atoms with Crippen molar-refractivity contribution in [3.63, 3.8) is 0 Å². The van der Waals surface area contributed by atoms with Gasteiger partial charge >= 0.3 is 0 Å². The van der Waals surface area contributed by atoms with Gasteiger partial charge in [-0.2, -0.15) is 13.1 Å². The van der Waals surface area contributed by atoms with E-state index < -0.39 is 21.9 Å². The molecule has 0 saturated carbocycles. The summed E-state index contributed by atoms with van der Waals surface area (Å²) in [4.78, 5) is 0. The molecule has 0 aliphatic carbocycles. The maximum absolute atomic E-state index is 13.6. The van der Waals surface area contributed by atoms with Crippen LogP contribution in [0.15, 0.2) is 23.4 Å². The van der Waals surface area contributed by atoms with Crippen LogP contribution in [0.1, 0.15) is 19.4 Å². The topological polar surface area (TPSA) is 117 Å². The average Bonchev–Trinajstić information content (AvgIpc) is 2.35. The van der Waals surface area contributed by atoms with Crippen LogP contribution in [0.3, 0.4) is 0 Å². The monoisotopic (exact) mass is 304 g/mol. The minimum absolute atomic E-state index is 0.114. The first-order chi connectivity index (χ1) is 9.26. The van der Waals surface area contributed by atoms with Crippen LogP contribution in [-0.4, -0.2) is 26.0 Å². The van der Waals surface area contributed by atoms with Gasteiger partial charge in [-0.25, -0.2) is 4.39 Å². The maximum atomic E-state index is 13.6. The van der Waals surface area contributed by atoms with Gasteiger partial charge in [-0.05, 0) is 18.1 Å². The number of benzene rings is 1. The molecular formula is C11H17FN4O3S. The molecule has 0 saturated heterocycles. The summed E-state index contributed by atoms with van der Waals surface area (Å²) < 4.78 is 41.7. The van der Waals surface area contributed by atoms with Crippen LogP contribution < -0.4 is 15.2 Å². The molecule has 0 heterocycles. The summed E-state index contributed by atoms with van der Waals surface area (Å²) in [6.07, 6.45) is 0. The van der Waals surface area contributed by atoms with Gasteiger partial charge in [0.05, 0.1) is 11.3 Å². The summed E-state index contributed by atoms with van der Waals surface area (Å²) in [6.45, 7) is 3.91. The molecule has 1 aromatic carbocycles. The average molecular weight is 304 g/mol. The molecule has 0 radical (unpaired) electrons. The summed E-state index contributed by atoms with van der Waals surface area (Å²) in [7, 11) is -3.87. The maximum Gasteiger partial charge on any atom is 0.299 e. The second-order valence-corrected chi connectivity index (χ2v) is 6.00. The predicted molar refractivity (Wildman–Crippen MR) is 74.3 cm³/mol. The van der Waals surface area contributed by atoms with Crippen LogP contribution in [0.5, 0.6) is 0 Å². The van der Waals surface area contributed by atoms with E-state index in [2.05, 4.69) is 14.6 Å². The smallest absolute Gasteiger partial charge is 0.299 e. The number of nitrogens with two attached hydrogens (primary N) is 1. The fraction of sp³-hybridized carbons (Fsp3) is 0.364. The van der Waals surface area contributed by atoms with Gasteiger partial charge in [0.1, 0.15) is 5.82 Å². The molecule has 0 amide bonds. The van der Waals surface area contributed by atoms with Gasteiger partial charge in [-0.1, -0.05) is 25.1 Å². The van der Waals surface area contributed by atoms with Crippen LogP contribution in [0.25, 0.3) is 0 Å². The first-order valence-electron chi connectivity index (χ1n) is 5.80. The van der Waals surface area contributed by atoms with Gasteiger partial charge in [0.15, 0.2) is 5.84 Å². The number of hydrogen-bond acceptors (Lipinski definition) is 4. The predicted octanol–water partition coefficient (Wildman–Crippen LogP) is 0.823. The van der Waals surface area contributed by atoms with Crippen molar-refractivity contribution in [3.8, 4) is 0 Å². The number of nitrogens with one attached hydrogen (secondary N) is 2. The SMILES string of the molecule is CC(C)CNS(=O)(=O)Nc1cccc(F)c1/C(N)=N/O. The third kappa shape index (κ3) is 4.35. The lowest BCUT2D eigenvalue weighted by Gasteiger charge is -2.14. The van der Waals surface area contributed by atoms with Crippen LogP contribution in [-0.2, 0) is 10.2 Å². The molecule has 0 bridgehead atoms. The Morgan fingerprint density at radius 2 is 2.15 bits per heavy atom. The zero-order valence-corrected chi connectivity index (χ0v) is 11.9. The molecular weight excluding hydrogens is 287 g/mol. The summed E-state index contributed by atoms with van der Waals surface area (Å²) in [5, 5.41) is 11.3. The van der Waals surface area contributed by atoms with Crippen molar-refractivity contribution < 1.29 is 18.0 Å². The summed E-state index contributed by atoms with van der Waals surface area (Å²) in [5.41, 5.74) is 4.91. The number of hydrogen-bond donors (Lipinski definition) is 4. The highest BCUT2D eigenvalue weighted by Crippen LogP contribution is 2.19. The first kappa shape index (κ1) is 16.2. The quantitative estimate of drug-likeness (QED) is 0.269. The van der Waals surface area contributed by atoms with E-state index in [0.29, 0.717) is 0 Å². The molecule has 5 N–H and O–H groups in total. The molecule has 0 unspecified atom stereocenters. The Labute approximate surface area is 116 Å². The van der Waals surface area contributed by atoms with Crippen LogP contribution in [0.2, 0.25) is 0 Å². The van der Waals surface area contributed by atoms with Gasteiger partial charge in [-0.3, -0.25) is 4.72 Å². The second-order valence-electron chi connectivity index (χ2n) is 4.50. The summed E-state index contributed by atoms with van der Waals surface area (Å²) in [5.74, 6) is -1.21. The molecule has 1 aromatic rings. The Morgan fingerprint density at radius 1 is 1.50 bits per heavy atom. The normalized spacial score (nSPS) is 12.7. The van der Waals surface area contributed by atoms with E-state index in [9.17, 15) is 12.8 Å². The number of halogens is 1. The van der Waals surface area contributed by atoms with Gasteiger partial charge in [0.2, 0.25) is 0 Å². The largest absolute Gasteiger partial charge is 0.409 e. The zero-order chi connectivity index (χ0) is 15.3.